The topological polar surface area (TPSA) is 104 Å². The molecule has 0 spiro atoms. The van der Waals surface area contributed by atoms with Crippen molar-refractivity contribution in [2.45, 2.75) is 38.7 Å². The number of piperidine rings is 1. The van der Waals surface area contributed by atoms with Crippen molar-refractivity contribution in [3.8, 4) is 5.75 Å². The van der Waals surface area contributed by atoms with Gasteiger partial charge in [0, 0.05) is 13.0 Å². The zero-order chi connectivity index (χ0) is 18.2. The van der Waals surface area contributed by atoms with Crippen LogP contribution in [0.15, 0.2) is 18.3 Å². The summed E-state index contributed by atoms with van der Waals surface area (Å²) in [6, 6.07) is 3.21. The van der Waals surface area contributed by atoms with E-state index < -0.39 is 11.6 Å². The molecule has 1 amide bonds. The fraction of sp³-hybridized carbons (Fsp3) is 0.471. The van der Waals surface area contributed by atoms with Crippen molar-refractivity contribution in [3.63, 3.8) is 0 Å². The maximum Gasteiger partial charge on any atom is 0.339 e. The standard InChI is InChI=1S/C17H21N3O5/c1-17(2,24)10-25-13-7-6-12-11(16(22)23)9-18-20(12)15(13)19-8-4-3-5-14(19)21/h6-7,9,24H,3-5,8,10H2,1-2H3,(H,22,23). The SMILES string of the molecule is CC(C)(O)COc1ccc2c(C(=O)O)cnn2c1N1CCCCC1=O. The van der Waals surface area contributed by atoms with Crippen LogP contribution in [0.5, 0.6) is 5.75 Å². The highest BCUT2D eigenvalue weighted by molar-refractivity contribution is 5.98. The van der Waals surface area contributed by atoms with Gasteiger partial charge in [-0.1, -0.05) is 0 Å². The zero-order valence-electron chi connectivity index (χ0n) is 14.2. The minimum atomic E-state index is -1.09. The molecule has 0 atom stereocenters. The smallest absolute Gasteiger partial charge is 0.339 e. The quantitative estimate of drug-likeness (QED) is 0.853. The van der Waals surface area contributed by atoms with Crippen molar-refractivity contribution in [1.82, 2.24) is 9.61 Å². The molecule has 2 aromatic heterocycles. The van der Waals surface area contributed by atoms with Crippen LogP contribution in [0.2, 0.25) is 0 Å². The van der Waals surface area contributed by atoms with Gasteiger partial charge in [0.05, 0.1) is 17.3 Å². The minimum Gasteiger partial charge on any atom is -0.487 e. The molecule has 25 heavy (non-hydrogen) atoms. The van der Waals surface area contributed by atoms with E-state index in [0.29, 0.717) is 30.0 Å². The van der Waals surface area contributed by atoms with E-state index in [0.717, 1.165) is 12.8 Å². The first-order valence-electron chi connectivity index (χ1n) is 8.17. The molecule has 0 aliphatic carbocycles. The van der Waals surface area contributed by atoms with E-state index >= 15 is 0 Å². The van der Waals surface area contributed by atoms with Gasteiger partial charge in [-0.15, -0.1) is 0 Å². The van der Waals surface area contributed by atoms with Crippen LogP contribution in [0.25, 0.3) is 5.52 Å². The second kappa shape index (κ2) is 6.36. The van der Waals surface area contributed by atoms with E-state index in [9.17, 15) is 19.8 Å². The third-order valence-electron chi connectivity index (χ3n) is 4.01. The lowest BCUT2D eigenvalue weighted by atomic mass is 10.1. The monoisotopic (exact) mass is 347 g/mol. The average Bonchev–Trinajstić information content (AvgIpc) is 2.96. The fourth-order valence-corrected chi connectivity index (χ4v) is 2.83. The van der Waals surface area contributed by atoms with E-state index in [4.69, 9.17) is 4.74 Å². The molecular weight excluding hydrogens is 326 g/mol. The molecule has 0 bridgehead atoms. The number of carboxylic acids is 1. The summed E-state index contributed by atoms with van der Waals surface area (Å²) in [7, 11) is 0. The summed E-state index contributed by atoms with van der Waals surface area (Å²) in [6.45, 7) is 3.78. The Labute approximate surface area is 144 Å². The molecule has 2 aromatic rings. The van der Waals surface area contributed by atoms with Crippen molar-refractivity contribution < 1.29 is 24.5 Å². The Bertz CT molecular complexity index is 822. The Morgan fingerprint density at radius 1 is 1.36 bits per heavy atom. The number of anilines is 1. The van der Waals surface area contributed by atoms with Gasteiger partial charge in [-0.05, 0) is 38.8 Å². The summed E-state index contributed by atoms with van der Waals surface area (Å²) in [4.78, 5) is 25.3. The number of aromatic nitrogens is 2. The Hall–Kier alpha value is -2.61. The molecule has 1 fully saturated rings. The number of nitrogens with zero attached hydrogens (tertiary/aromatic N) is 3. The number of hydrogen-bond donors (Lipinski definition) is 2. The van der Waals surface area contributed by atoms with Gasteiger partial charge >= 0.3 is 5.97 Å². The summed E-state index contributed by atoms with van der Waals surface area (Å²) in [5.41, 5.74) is -0.606. The van der Waals surface area contributed by atoms with Crippen LogP contribution in [0, 0.1) is 0 Å². The van der Waals surface area contributed by atoms with Crippen LogP contribution in [0.1, 0.15) is 43.5 Å². The fourth-order valence-electron chi connectivity index (χ4n) is 2.83. The van der Waals surface area contributed by atoms with Crippen LogP contribution < -0.4 is 9.64 Å². The molecule has 1 aliphatic heterocycles. The van der Waals surface area contributed by atoms with Crippen molar-refractivity contribution in [2.75, 3.05) is 18.1 Å². The Morgan fingerprint density at radius 3 is 2.76 bits per heavy atom. The number of pyridine rings is 1. The molecule has 2 N–H and O–H groups in total. The van der Waals surface area contributed by atoms with Crippen LogP contribution in [0.3, 0.4) is 0 Å². The molecule has 0 radical (unpaired) electrons. The maximum atomic E-state index is 12.4. The summed E-state index contributed by atoms with van der Waals surface area (Å²) < 4.78 is 7.15. The van der Waals surface area contributed by atoms with E-state index in [2.05, 4.69) is 5.10 Å². The molecule has 0 unspecified atom stereocenters. The van der Waals surface area contributed by atoms with Crippen molar-refractivity contribution in [3.05, 3.63) is 23.9 Å². The molecule has 3 rings (SSSR count). The average molecular weight is 347 g/mol. The first-order valence-corrected chi connectivity index (χ1v) is 8.17. The van der Waals surface area contributed by atoms with Crippen LogP contribution in [-0.4, -0.2) is 50.5 Å². The first kappa shape index (κ1) is 17.2. The normalized spacial score (nSPS) is 15.6. The number of amides is 1. The summed E-state index contributed by atoms with van der Waals surface area (Å²) in [6.07, 6.45) is 3.36. The van der Waals surface area contributed by atoms with Crippen molar-refractivity contribution in [1.29, 1.82) is 0 Å². The largest absolute Gasteiger partial charge is 0.487 e. The maximum absolute atomic E-state index is 12.4. The predicted octanol–water partition coefficient (Wildman–Crippen LogP) is 1.70. The van der Waals surface area contributed by atoms with E-state index in [-0.39, 0.29) is 18.1 Å². The van der Waals surface area contributed by atoms with Gasteiger partial charge in [0.1, 0.15) is 12.2 Å². The zero-order valence-corrected chi connectivity index (χ0v) is 14.2. The molecule has 134 valence electrons. The number of aliphatic hydroxyl groups is 1. The van der Waals surface area contributed by atoms with E-state index in [1.807, 2.05) is 0 Å². The van der Waals surface area contributed by atoms with Gasteiger partial charge in [-0.2, -0.15) is 5.10 Å². The summed E-state index contributed by atoms with van der Waals surface area (Å²) in [5.74, 6) is -0.362. The molecule has 0 aromatic carbocycles. The number of carbonyl (C=O) groups excluding carboxylic acids is 1. The third-order valence-corrected chi connectivity index (χ3v) is 4.01. The number of carboxylic acid groups (broad SMARTS) is 1. The van der Waals surface area contributed by atoms with E-state index in [1.54, 1.807) is 30.9 Å². The number of rotatable bonds is 5. The van der Waals surface area contributed by atoms with Crippen LogP contribution in [-0.2, 0) is 4.79 Å². The lowest BCUT2D eigenvalue weighted by Gasteiger charge is -2.29. The summed E-state index contributed by atoms with van der Waals surface area (Å²) >= 11 is 0. The number of hydrogen-bond acceptors (Lipinski definition) is 5. The second-order valence-corrected chi connectivity index (χ2v) is 6.79. The molecule has 3 heterocycles. The third kappa shape index (κ3) is 3.43. The molecular formula is C17H21N3O5. The van der Waals surface area contributed by atoms with Crippen molar-refractivity contribution >= 4 is 23.2 Å². The molecule has 8 nitrogen and oxygen atoms in total. The number of carbonyl (C=O) groups is 2. The van der Waals surface area contributed by atoms with Gasteiger partial charge in [0.2, 0.25) is 5.91 Å². The van der Waals surface area contributed by atoms with E-state index in [1.165, 1.54) is 10.7 Å². The van der Waals surface area contributed by atoms with Crippen LogP contribution >= 0.6 is 0 Å². The highest BCUT2D eigenvalue weighted by Crippen LogP contribution is 2.33. The highest BCUT2D eigenvalue weighted by Gasteiger charge is 2.28. The number of aromatic carboxylic acids is 1. The van der Waals surface area contributed by atoms with Crippen LogP contribution in [0.4, 0.5) is 5.82 Å². The summed E-state index contributed by atoms with van der Waals surface area (Å²) in [5, 5.41) is 23.4. The molecule has 1 saturated heterocycles. The van der Waals surface area contributed by atoms with Gasteiger partial charge in [0.15, 0.2) is 11.6 Å². The molecule has 0 saturated carbocycles. The number of fused-ring (bicyclic) bond motifs is 1. The van der Waals surface area contributed by atoms with Gasteiger partial charge in [0.25, 0.3) is 0 Å². The van der Waals surface area contributed by atoms with Gasteiger partial charge < -0.3 is 14.9 Å². The first-order chi connectivity index (χ1) is 11.8. The van der Waals surface area contributed by atoms with Gasteiger partial charge in [-0.3, -0.25) is 9.69 Å². The predicted molar refractivity (Wildman–Crippen MR) is 90.1 cm³/mol. The number of ether oxygens (including phenoxy) is 1. The molecule has 1 aliphatic rings. The highest BCUT2D eigenvalue weighted by atomic mass is 16.5. The molecule has 8 heteroatoms. The lowest BCUT2D eigenvalue weighted by molar-refractivity contribution is -0.119. The Morgan fingerprint density at radius 2 is 2.12 bits per heavy atom. The minimum absolute atomic E-state index is 0.0284. The Kier molecular flexibility index (Phi) is 4.38. The van der Waals surface area contributed by atoms with Crippen molar-refractivity contribution in [2.24, 2.45) is 0 Å². The second-order valence-electron chi connectivity index (χ2n) is 6.79. The lowest BCUT2D eigenvalue weighted by Crippen LogP contribution is -2.37. The van der Waals surface area contributed by atoms with Gasteiger partial charge in [-0.25, -0.2) is 9.31 Å². The Balaban J connectivity index is 2.12.